The van der Waals surface area contributed by atoms with Crippen LogP contribution in [0.3, 0.4) is 0 Å². The first-order valence-corrected chi connectivity index (χ1v) is 9.04. The highest BCUT2D eigenvalue weighted by molar-refractivity contribution is 6.13. The number of rotatable bonds is 4. The van der Waals surface area contributed by atoms with Gasteiger partial charge in [0.25, 0.3) is 5.91 Å². The average Bonchev–Trinajstić information content (AvgIpc) is 3.26. The van der Waals surface area contributed by atoms with E-state index in [1.54, 1.807) is 10.8 Å². The number of hydrogen-bond acceptors (Lipinski definition) is 5. The van der Waals surface area contributed by atoms with Crippen LogP contribution in [-0.4, -0.2) is 59.7 Å². The van der Waals surface area contributed by atoms with Crippen molar-refractivity contribution in [2.45, 2.75) is 0 Å². The molecule has 0 atom stereocenters. The molecule has 1 N–H and O–H groups in total. The van der Waals surface area contributed by atoms with Gasteiger partial charge in [0.05, 0.1) is 11.2 Å². The van der Waals surface area contributed by atoms with E-state index in [-0.39, 0.29) is 5.91 Å². The molecule has 1 saturated heterocycles. The zero-order chi connectivity index (χ0) is 17.5. The molecule has 6 heteroatoms. The molecule has 2 aliphatic rings. The van der Waals surface area contributed by atoms with Crippen molar-refractivity contribution in [2.24, 2.45) is 0 Å². The third-order valence-electron chi connectivity index (χ3n) is 5.13. The van der Waals surface area contributed by atoms with E-state index in [2.05, 4.69) is 10.2 Å². The molecule has 0 spiro atoms. The summed E-state index contributed by atoms with van der Waals surface area (Å²) in [5, 5.41) is 4.25. The number of carbonyl (C=O) groups is 1. The normalized spacial score (nSPS) is 16.7. The molecule has 132 valence electrons. The van der Waals surface area contributed by atoms with Gasteiger partial charge in [0, 0.05) is 44.3 Å². The molecule has 26 heavy (non-hydrogen) atoms. The molecular formula is C20H20N4O2. The summed E-state index contributed by atoms with van der Waals surface area (Å²) in [6.45, 7) is 5.51. The number of nitrogens with one attached hydrogen (secondary N) is 1. The SMILES string of the molecule is O=C1c2c(nc3ccccc3c2OCCN2CCNCC2)-c2cccn21. The smallest absolute Gasteiger partial charge is 0.268 e. The summed E-state index contributed by atoms with van der Waals surface area (Å²) in [6, 6.07) is 11.7. The molecule has 2 aromatic heterocycles. The number of para-hydroxylation sites is 1. The summed E-state index contributed by atoms with van der Waals surface area (Å²) >= 11 is 0. The van der Waals surface area contributed by atoms with Gasteiger partial charge in [-0.3, -0.25) is 14.3 Å². The van der Waals surface area contributed by atoms with Crippen LogP contribution >= 0.6 is 0 Å². The molecule has 2 aliphatic heterocycles. The van der Waals surface area contributed by atoms with Gasteiger partial charge in [0.1, 0.15) is 23.6 Å². The lowest BCUT2D eigenvalue weighted by Gasteiger charge is -2.27. The first-order valence-electron chi connectivity index (χ1n) is 9.04. The van der Waals surface area contributed by atoms with Gasteiger partial charge in [-0.2, -0.15) is 0 Å². The highest BCUT2D eigenvalue weighted by atomic mass is 16.5. The number of aromatic nitrogens is 2. The second-order valence-electron chi connectivity index (χ2n) is 6.69. The maximum Gasteiger partial charge on any atom is 0.268 e. The van der Waals surface area contributed by atoms with E-state index >= 15 is 0 Å². The zero-order valence-corrected chi connectivity index (χ0v) is 14.4. The number of fused-ring (bicyclic) bond motifs is 4. The van der Waals surface area contributed by atoms with Gasteiger partial charge in [-0.25, -0.2) is 4.98 Å². The largest absolute Gasteiger partial charge is 0.491 e. The Hall–Kier alpha value is -2.70. The van der Waals surface area contributed by atoms with E-state index in [0.717, 1.165) is 55.0 Å². The molecule has 0 unspecified atom stereocenters. The molecule has 1 aromatic carbocycles. The van der Waals surface area contributed by atoms with Crippen molar-refractivity contribution < 1.29 is 9.53 Å². The molecule has 1 fully saturated rings. The summed E-state index contributed by atoms with van der Waals surface area (Å²) in [4.78, 5) is 20.0. The van der Waals surface area contributed by atoms with Gasteiger partial charge in [-0.1, -0.05) is 12.1 Å². The summed E-state index contributed by atoms with van der Waals surface area (Å²) in [7, 11) is 0. The monoisotopic (exact) mass is 348 g/mol. The fraction of sp³-hybridized carbons (Fsp3) is 0.300. The van der Waals surface area contributed by atoms with Crippen LogP contribution < -0.4 is 10.1 Å². The maximum absolute atomic E-state index is 12.9. The molecule has 3 aromatic rings. The zero-order valence-electron chi connectivity index (χ0n) is 14.4. The first-order chi connectivity index (χ1) is 12.8. The van der Waals surface area contributed by atoms with Crippen molar-refractivity contribution in [3.63, 3.8) is 0 Å². The van der Waals surface area contributed by atoms with Gasteiger partial charge in [-0.05, 0) is 24.3 Å². The van der Waals surface area contributed by atoms with Gasteiger partial charge in [0.2, 0.25) is 0 Å². The number of piperazine rings is 1. The molecule has 6 nitrogen and oxygen atoms in total. The van der Waals surface area contributed by atoms with E-state index in [4.69, 9.17) is 9.72 Å². The summed E-state index contributed by atoms with van der Waals surface area (Å²) in [5.74, 6) is 0.602. The van der Waals surface area contributed by atoms with Gasteiger partial charge < -0.3 is 10.1 Å². The first kappa shape index (κ1) is 15.5. The Labute approximate surface area is 151 Å². The topological polar surface area (TPSA) is 59.4 Å². The van der Waals surface area contributed by atoms with Crippen LogP contribution in [0.25, 0.3) is 22.3 Å². The van der Waals surface area contributed by atoms with Crippen LogP contribution in [0, 0.1) is 0 Å². The van der Waals surface area contributed by atoms with E-state index in [9.17, 15) is 4.79 Å². The fourth-order valence-corrected chi connectivity index (χ4v) is 3.80. The Balaban J connectivity index is 1.52. The van der Waals surface area contributed by atoms with Crippen molar-refractivity contribution in [3.8, 4) is 17.1 Å². The van der Waals surface area contributed by atoms with E-state index in [1.807, 2.05) is 36.4 Å². The Kier molecular flexibility index (Phi) is 3.72. The van der Waals surface area contributed by atoms with Crippen molar-refractivity contribution in [1.29, 1.82) is 0 Å². The summed E-state index contributed by atoms with van der Waals surface area (Å²) in [6.07, 6.45) is 1.79. The van der Waals surface area contributed by atoms with Crippen molar-refractivity contribution in [1.82, 2.24) is 19.8 Å². The van der Waals surface area contributed by atoms with Crippen LogP contribution in [0.4, 0.5) is 0 Å². The van der Waals surface area contributed by atoms with E-state index < -0.39 is 0 Å². The minimum atomic E-state index is -0.0598. The third kappa shape index (κ3) is 2.41. The van der Waals surface area contributed by atoms with Gasteiger partial charge in [0.15, 0.2) is 0 Å². The maximum atomic E-state index is 12.9. The Morgan fingerprint density at radius 3 is 2.85 bits per heavy atom. The number of nitrogens with zero attached hydrogens (tertiary/aromatic N) is 3. The highest BCUT2D eigenvalue weighted by Gasteiger charge is 2.32. The van der Waals surface area contributed by atoms with Crippen LogP contribution in [0.5, 0.6) is 5.75 Å². The predicted molar refractivity (Wildman–Crippen MR) is 99.7 cm³/mol. The lowest BCUT2D eigenvalue weighted by molar-refractivity contribution is 0.0965. The Morgan fingerprint density at radius 2 is 1.96 bits per heavy atom. The minimum absolute atomic E-state index is 0.0598. The summed E-state index contributed by atoms with van der Waals surface area (Å²) in [5.41, 5.74) is 2.99. The van der Waals surface area contributed by atoms with E-state index in [0.29, 0.717) is 17.9 Å². The quantitative estimate of drug-likeness (QED) is 0.611. The number of ether oxygens (including phenoxy) is 1. The molecule has 0 aliphatic carbocycles. The molecule has 4 heterocycles. The van der Waals surface area contributed by atoms with Crippen LogP contribution in [0.2, 0.25) is 0 Å². The van der Waals surface area contributed by atoms with Crippen molar-refractivity contribution >= 4 is 16.8 Å². The standard InChI is InChI=1S/C20H20N4O2/c25-20-17-18(16-6-3-9-24(16)20)22-15-5-2-1-4-14(15)19(17)26-13-12-23-10-7-21-8-11-23/h1-6,9,21H,7-8,10-13H2. The lowest BCUT2D eigenvalue weighted by Crippen LogP contribution is -2.44. The molecule has 5 rings (SSSR count). The van der Waals surface area contributed by atoms with Crippen LogP contribution in [0.1, 0.15) is 10.4 Å². The average molecular weight is 348 g/mol. The molecule has 0 saturated carbocycles. The molecule has 0 radical (unpaired) electrons. The highest BCUT2D eigenvalue weighted by Crippen LogP contribution is 2.40. The van der Waals surface area contributed by atoms with Crippen LogP contribution in [-0.2, 0) is 0 Å². The number of hydrogen-bond donors (Lipinski definition) is 1. The third-order valence-corrected chi connectivity index (χ3v) is 5.13. The number of pyridine rings is 1. The number of benzene rings is 1. The molecule has 0 amide bonds. The lowest BCUT2D eigenvalue weighted by atomic mass is 10.1. The fourth-order valence-electron chi connectivity index (χ4n) is 3.80. The Bertz CT molecular complexity index is 989. The number of carbonyl (C=O) groups excluding carboxylic acids is 1. The van der Waals surface area contributed by atoms with Crippen LogP contribution in [0.15, 0.2) is 42.6 Å². The molecular weight excluding hydrogens is 328 g/mol. The van der Waals surface area contributed by atoms with Gasteiger partial charge >= 0.3 is 0 Å². The van der Waals surface area contributed by atoms with Gasteiger partial charge in [-0.15, -0.1) is 0 Å². The summed E-state index contributed by atoms with van der Waals surface area (Å²) < 4.78 is 7.85. The molecule has 0 bridgehead atoms. The second-order valence-corrected chi connectivity index (χ2v) is 6.69. The minimum Gasteiger partial charge on any atom is -0.491 e. The van der Waals surface area contributed by atoms with E-state index in [1.165, 1.54) is 0 Å². The Morgan fingerprint density at radius 1 is 1.12 bits per heavy atom. The van der Waals surface area contributed by atoms with Crippen molar-refractivity contribution in [2.75, 3.05) is 39.3 Å². The van der Waals surface area contributed by atoms with Crippen molar-refractivity contribution in [3.05, 3.63) is 48.2 Å². The second kappa shape index (κ2) is 6.23. The predicted octanol–water partition coefficient (Wildman–Crippen LogP) is 1.99.